The van der Waals surface area contributed by atoms with Crippen molar-refractivity contribution in [1.29, 1.82) is 0 Å². The molecule has 8 N–H and O–H groups in total. The molecule has 0 heterocycles. The lowest BCUT2D eigenvalue weighted by Crippen LogP contribution is -1.99. The Morgan fingerprint density at radius 1 is 1.00 bits per heavy atom. The summed E-state index contributed by atoms with van der Waals surface area (Å²) in [5.41, 5.74) is 21.2. The molecule has 0 aromatic heterocycles. The Hall–Kier alpha value is -2.28. The summed E-state index contributed by atoms with van der Waals surface area (Å²) in [7, 11) is 1.56. The Morgan fingerprint density at radius 3 is 2.19 bits per heavy atom. The summed E-state index contributed by atoms with van der Waals surface area (Å²) in [6.45, 7) is 4.56. The summed E-state index contributed by atoms with van der Waals surface area (Å²) < 4.78 is 4.32. The average Bonchev–Trinajstić information content (AvgIpc) is 3.10. The minimum atomic E-state index is 0.0596. The van der Waals surface area contributed by atoms with Gasteiger partial charge in [0.25, 0.3) is 0 Å². The molecule has 3 rings (SSSR count). The van der Waals surface area contributed by atoms with Gasteiger partial charge in [0.1, 0.15) is 11.5 Å². The molecule has 0 atom stereocenters. The highest BCUT2D eigenvalue weighted by atomic mass is 16.5. The smallest absolute Gasteiger partial charge is 0.123 e. The third kappa shape index (κ3) is 7.09. The van der Waals surface area contributed by atoms with Crippen LogP contribution in [0.5, 0.6) is 11.5 Å². The molecule has 6 heteroatoms. The largest absolute Gasteiger partial charge is 0.508 e. The molecule has 0 fully saturated rings. The molecule has 2 aromatic carbocycles. The minimum Gasteiger partial charge on any atom is -0.508 e. The summed E-state index contributed by atoms with van der Waals surface area (Å²) in [5, 5.41) is 18.8. The number of ether oxygens (including phenoxy) is 1. The predicted molar refractivity (Wildman–Crippen MR) is 111 cm³/mol. The number of anilines is 1. The molecule has 1 aliphatic rings. The third-order valence-corrected chi connectivity index (χ3v) is 4.36. The first-order valence-electron chi connectivity index (χ1n) is 9.15. The number of rotatable bonds is 3. The molecule has 0 spiro atoms. The van der Waals surface area contributed by atoms with E-state index < -0.39 is 0 Å². The van der Waals surface area contributed by atoms with Gasteiger partial charge in [-0.25, -0.2) is 0 Å². The van der Waals surface area contributed by atoms with E-state index in [0.717, 1.165) is 11.3 Å². The monoisotopic (exact) mass is 375 g/mol. The van der Waals surface area contributed by atoms with Crippen molar-refractivity contribution in [3.8, 4) is 11.5 Å². The topological polar surface area (TPSA) is 128 Å². The highest BCUT2D eigenvalue weighted by Gasteiger charge is 2.10. The minimum absolute atomic E-state index is 0.0596. The molecule has 0 aliphatic heterocycles. The van der Waals surface area contributed by atoms with E-state index in [0.29, 0.717) is 12.3 Å². The van der Waals surface area contributed by atoms with Crippen molar-refractivity contribution in [3.63, 3.8) is 0 Å². The Labute approximate surface area is 162 Å². The van der Waals surface area contributed by atoms with Gasteiger partial charge in [0.05, 0.1) is 6.73 Å². The quantitative estimate of drug-likeness (QED) is 0.414. The SMILES string of the molecule is CC(C)c1cc(CN)c(O)cc1O.COCN.Nc1ccc2c(c1)CCC2. The normalized spacial score (nSPS) is 11.9. The van der Waals surface area contributed by atoms with Gasteiger partial charge in [0.2, 0.25) is 0 Å². The van der Waals surface area contributed by atoms with Gasteiger partial charge in [0.15, 0.2) is 0 Å². The number of nitrogen functional groups attached to an aromatic ring is 1. The molecular formula is C21H33N3O3. The molecule has 27 heavy (non-hydrogen) atoms. The Morgan fingerprint density at radius 2 is 1.63 bits per heavy atom. The van der Waals surface area contributed by atoms with Crippen LogP contribution in [0.1, 0.15) is 48.4 Å². The molecule has 1 aliphatic carbocycles. The van der Waals surface area contributed by atoms with E-state index in [1.165, 1.54) is 36.5 Å². The van der Waals surface area contributed by atoms with Gasteiger partial charge in [-0.3, -0.25) is 0 Å². The maximum atomic E-state index is 9.48. The average molecular weight is 376 g/mol. The number of phenols is 2. The number of aryl methyl sites for hydroxylation is 2. The number of hydrogen-bond donors (Lipinski definition) is 5. The first-order valence-corrected chi connectivity index (χ1v) is 9.15. The molecule has 0 unspecified atom stereocenters. The van der Waals surface area contributed by atoms with Crippen LogP contribution in [0, 0.1) is 0 Å². The number of hydrogen-bond acceptors (Lipinski definition) is 6. The maximum absolute atomic E-state index is 9.48. The summed E-state index contributed by atoms with van der Waals surface area (Å²) >= 11 is 0. The number of phenolic OH excluding ortho intramolecular Hbond substituents is 2. The van der Waals surface area contributed by atoms with E-state index in [2.05, 4.69) is 16.9 Å². The van der Waals surface area contributed by atoms with E-state index in [1.54, 1.807) is 13.2 Å². The van der Waals surface area contributed by atoms with Crippen LogP contribution in [-0.4, -0.2) is 24.1 Å². The van der Waals surface area contributed by atoms with Crippen molar-refractivity contribution in [2.75, 3.05) is 19.6 Å². The van der Waals surface area contributed by atoms with Crippen LogP contribution in [0.25, 0.3) is 0 Å². The van der Waals surface area contributed by atoms with E-state index >= 15 is 0 Å². The summed E-state index contributed by atoms with van der Waals surface area (Å²) in [5.74, 6) is 0.417. The summed E-state index contributed by atoms with van der Waals surface area (Å²) in [6.07, 6.45) is 3.77. The van der Waals surface area contributed by atoms with Crippen molar-refractivity contribution in [1.82, 2.24) is 0 Å². The van der Waals surface area contributed by atoms with Gasteiger partial charge < -0.3 is 32.2 Å². The van der Waals surface area contributed by atoms with Gasteiger partial charge in [-0.05, 0) is 60.1 Å². The fourth-order valence-corrected chi connectivity index (χ4v) is 2.86. The van der Waals surface area contributed by atoms with Crippen molar-refractivity contribution < 1.29 is 14.9 Å². The molecular weight excluding hydrogens is 342 g/mol. The van der Waals surface area contributed by atoms with Crippen LogP contribution >= 0.6 is 0 Å². The van der Waals surface area contributed by atoms with E-state index in [1.807, 2.05) is 19.9 Å². The first kappa shape index (κ1) is 22.8. The fourth-order valence-electron chi connectivity index (χ4n) is 2.86. The van der Waals surface area contributed by atoms with Crippen molar-refractivity contribution >= 4 is 5.69 Å². The molecule has 0 amide bonds. The summed E-state index contributed by atoms with van der Waals surface area (Å²) in [6, 6.07) is 9.33. The van der Waals surface area contributed by atoms with Crippen molar-refractivity contribution in [2.24, 2.45) is 11.5 Å². The highest BCUT2D eigenvalue weighted by molar-refractivity contribution is 5.47. The lowest BCUT2D eigenvalue weighted by Gasteiger charge is -2.11. The zero-order chi connectivity index (χ0) is 20.4. The summed E-state index contributed by atoms with van der Waals surface area (Å²) in [4.78, 5) is 0. The van der Waals surface area contributed by atoms with Crippen LogP contribution in [0.2, 0.25) is 0 Å². The van der Waals surface area contributed by atoms with Crippen LogP contribution < -0.4 is 17.2 Å². The number of aromatic hydroxyl groups is 2. The fraction of sp³-hybridized carbons (Fsp3) is 0.429. The van der Waals surface area contributed by atoms with E-state index in [-0.39, 0.29) is 24.0 Å². The Kier molecular flexibility index (Phi) is 9.64. The molecule has 0 saturated heterocycles. The molecule has 6 nitrogen and oxygen atoms in total. The van der Waals surface area contributed by atoms with Gasteiger partial charge >= 0.3 is 0 Å². The van der Waals surface area contributed by atoms with E-state index in [4.69, 9.17) is 17.2 Å². The number of methoxy groups -OCH3 is 1. The lowest BCUT2D eigenvalue weighted by atomic mass is 9.99. The number of fused-ring (bicyclic) bond motifs is 1. The Bertz CT molecular complexity index is 716. The first-order chi connectivity index (χ1) is 12.8. The third-order valence-electron chi connectivity index (χ3n) is 4.36. The second-order valence-corrected chi connectivity index (χ2v) is 6.74. The standard InChI is InChI=1S/C10H15NO2.C9H11N.C2H7NO/c1-6(2)8-3-7(5-11)9(12)4-10(8)13;10-9-5-4-7-2-1-3-8(7)6-9;1-4-2-3/h3-4,6,12-13H,5,11H2,1-2H3;4-6H,1-3,10H2;2-3H2,1H3. The number of benzene rings is 2. The van der Waals surface area contributed by atoms with E-state index in [9.17, 15) is 10.2 Å². The zero-order valence-corrected chi connectivity index (χ0v) is 16.5. The molecule has 0 radical (unpaired) electrons. The van der Waals surface area contributed by atoms with Crippen molar-refractivity contribution in [3.05, 3.63) is 52.6 Å². The predicted octanol–water partition coefficient (Wildman–Crippen LogP) is 2.99. The van der Waals surface area contributed by atoms with Gasteiger partial charge in [-0.1, -0.05) is 19.9 Å². The van der Waals surface area contributed by atoms with Crippen LogP contribution in [0.4, 0.5) is 5.69 Å². The molecule has 0 bridgehead atoms. The van der Waals surface area contributed by atoms with Gasteiger partial charge in [-0.15, -0.1) is 0 Å². The lowest BCUT2D eigenvalue weighted by molar-refractivity contribution is 0.207. The van der Waals surface area contributed by atoms with Crippen LogP contribution in [-0.2, 0) is 24.1 Å². The van der Waals surface area contributed by atoms with Crippen molar-refractivity contribution in [2.45, 2.75) is 45.6 Å². The second-order valence-electron chi connectivity index (χ2n) is 6.74. The van der Waals surface area contributed by atoms with Gasteiger partial charge in [0, 0.05) is 31.0 Å². The maximum Gasteiger partial charge on any atom is 0.123 e. The second kappa shape index (κ2) is 11.4. The molecule has 150 valence electrons. The Balaban J connectivity index is 0.000000230. The molecule has 2 aromatic rings. The van der Waals surface area contributed by atoms with Crippen LogP contribution in [0.3, 0.4) is 0 Å². The molecule has 0 saturated carbocycles. The van der Waals surface area contributed by atoms with Crippen LogP contribution in [0.15, 0.2) is 30.3 Å². The zero-order valence-electron chi connectivity index (χ0n) is 16.5. The number of nitrogens with two attached hydrogens (primary N) is 3. The van der Waals surface area contributed by atoms with Gasteiger partial charge in [-0.2, -0.15) is 0 Å². The highest BCUT2D eigenvalue weighted by Crippen LogP contribution is 2.31.